The molecule has 8 heteroatoms. The van der Waals surface area contributed by atoms with Crippen LogP contribution < -0.4 is 25.1 Å². The van der Waals surface area contributed by atoms with Crippen LogP contribution in [0.1, 0.15) is 15.9 Å². The Labute approximate surface area is 159 Å². The van der Waals surface area contributed by atoms with Gasteiger partial charge in [0.25, 0.3) is 11.8 Å². The summed E-state index contributed by atoms with van der Waals surface area (Å²) in [6.45, 7) is 1.64. The molecule has 0 bridgehead atoms. The summed E-state index contributed by atoms with van der Waals surface area (Å²) in [6, 6.07) is 10.1. The fourth-order valence-electron chi connectivity index (χ4n) is 2.13. The van der Waals surface area contributed by atoms with Crippen molar-refractivity contribution in [3.63, 3.8) is 0 Å². The molecule has 2 N–H and O–H groups in total. The molecule has 2 rings (SSSR count). The topological polar surface area (TPSA) is 85.9 Å². The van der Waals surface area contributed by atoms with Crippen molar-refractivity contribution in [2.24, 2.45) is 0 Å². The number of rotatable bonds is 6. The molecule has 2 aromatic rings. The SMILES string of the molecule is COc1ccc(C(=O)NNC(=O)COc2ccc(Br)cc2C)cc1OC. The van der Waals surface area contributed by atoms with Crippen LogP contribution in [0.4, 0.5) is 0 Å². The first-order chi connectivity index (χ1) is 12.4. The van der Waals surface area contributed by atoms with Gasteiger partial charge in [-0.3, -0.25) is 20.4 Å². The van der Waals surface area contributed by atoms with Crippen molar-refractivity contribution in [1.29, 1.82) is 0 Å². The summed E-state index contributed by atoms with van der Waals surface area (Å²) in [6.07, 6.45) is 0. The van der Waals surface area contributed by atoms with Crippen LogP contribution in [0.25, 0.3) is 0 Å². The van der Waals surface area contributed by atoms with Gasteiger partial charge >= 0.3 is 0 Å². The number of nitrogens with one attached hydrogen (secondary N) is 2. The fourth-order valence-corrected chi connectivity index (χ4v) is 2.61. The van der Waals surface area contributed by atoms with Gasteiger partial charge < -0.3 is 14.2 Å². The molecule has 0 radical (unpaired) electrons. The van der Waals surface area contributed by atoms with Crippen molar-refractivity contribution in [2.45, 2.75) is 6.92 Å². The predicted octanol–water partition coefficient (Wildman–Crippen LogP) is 2.61. The van der Waals surface area contributed by atoms with Gasteiger partial charge in [-0.15, -0.1) is 0 Å². The zero-order chi connectivity index (χ0) is 19.1. The first kappa shape index (κ1) is 19.6. The van der Waals surface area contributed by atoms with Crippen LogP contribution in [-0.4, -0.2) is 32.6 Å². The summed E-state index contributed by atoms with van der Waals surface area (Å²) in [5.41, 5.74) is 5.83. The Bertz CT molecular complexity index is 810. The fraction of sp³-hybridized carbons (Fsp3) is 0.222. The van der Waals surface area contributed by atoms with Crippen LogP contribution in [0, 0.1) is 6.92 Å². The van der Waals surface area contributed by atoms with Crippen molar-refractivity contribution < 1.29 is 23.8 Å². The lowest BCUT2D eigenvalue weighted by atomic mass is 10.2. The Morgan fingerprint density at radius 2 is 1.65 bits per heavy atom. The summed E-state index contributed by atoms with van der Waals surface area (Å²) in [5, 5.41) is 0. The van der Waals surface area contributed by atoms with Crippen molar-refractivity contribution in [3.05, 3.63) is 52.0 Å². The van der Waals surface area contributed by atoms with Crippen molar-refractivity contribution in [2.75, 3.05) is 20.8 Å². The number of hydrogen-bond acceptors (Lipinski definition) is 5. The molecule has 0 spiro atoms. The highest BCUT2D eigenvalue weighted by Gasteiger charge is 2.12. The first-order valence-corrected chi connectivity index (χ1v) is 8.44. The Kier molecular flexibility index (Phi) is 6.85. The van der Waals surface area contributed by atoms with E-state index in [2.05, 4.69) is 26.8 Å². The Morgan fingerprint density at radius 3 is 2.31 bits per heavy atom. The van der Waals surface area contributed by atoms with E-state index >= 15 is 0 Å². The second kappa shape index (κ2) is 9.10. The van der Waals surface area contributed by atoms with Gasteiger partial charge in [0.1, 0.15) is 5.75 Å². The quantitative estimate of drug-likeness (QED) is 0.698. The van der Waals surface area contributed by atoms with E-state index in [1.54, 1.807) is 18.2 Å². The van der Waals surface area contributed by atoms with Crippen LogP contribution in [0.2, 0.25) is 0 Å². The third-order valence-electron chi connectivity index (χ3n) is 3.46. The number of aryl methyl sites for hydroxylation is 1. The van der Waals surface area contributed by atoms with E-state index in [9.17, 15) is 9.59 Å². The first-order valence-electron chi connectivity index (χ1n) is 7.64. The minimum absolute atomic E-state index is 0.227. The van der Waals surface area contributed by atoms with Crippen LogP contribution in [-0.2, 0) is 4.79 Å². The highest BCUT2D eigenvalue weighted by molar-refractivity contribution is 9.10. The summed E-state index contributed by atoms with van der Waals surface area (Å²) in [7, 11) is 2.98. The molecule has 0 unspecified atom stereocenters. The van der Waals surface area contributed by atoms with E-state index in [0.717, 1.165) is 10.0 Å². The van der Waals surface area contributed by atoms with Crippen molar-refractivity contribution >= 4 is 27.7 Å². The summed E-state index contributed by atoms with van der Waals surface area (Å²) < 4.78 is 16.6. The molecule has 0 saturated heterocycles. The van der Waals surface area contributed by atoms with Crippen LogP contribution in [0.5, 0.6) is 17.2 Å². The summed E-state index contributed by atoms with van der Waals surface area (Å²) >= 11 is 3.36. The van der Waals surface area contributed by atoms with E-state index in [0.29, 0.717) is 22.8 Å². The molecule has 0 atom stereocenters. The average Bonchev–Trinajstić information content (AvgIpc) is 2.64. The number of methoxy groups -OCH3 is 2. The molecule has 0 aromatic heterocycles. The van der Waals surface area contributed by atoms with E-state index in [4.69, 9.17) is 14.2 Å². The zero-order valence-electron chi connectivity index (χ0n) is 14.6. The van der Waals surface area contributed by atoms with Gasteiger partial charge in [0.2, 0.25) is 0 Å². The number of halogens is 1. The van der Waals surface area contributed by atoms with Crippen LogP contribution in [0.15, 0.2) is 40.9 Å². The molecule has 0 heterocycles. The van der Waals surface area contributed by atoms with Gasteiger partial charge in [0, 0.05) is 10.0 Å². The smallest absolute Gasteiger partial charge is 0.276 e. The van der Waals surface area contributed by atoms with Gasteiger partial charge in [-0.05, 0) is 48.9 Å². The van der Waals surface area contributed by atoms with E-state index in [-0.39, 0.29) is 6.61 Å². The molecular formula is C18H19BrN2O5. The predicted molar refractivity (Wildman–Crippen MR) is 99.5 cm³/mol. The number of hydrazine groups is 1. The van der Waals surface area contributed by atoms with E-state index in [1.165, 1.54) is 20.3 Å². The van der Waals surface area contributed by atoms with E-state index < -0.39 is 11.8 Å². The minimum Gasteiger partial charge on any atom is -0.493 e. The van der Waals surface area contributed by atoms with Gasteiger partial charge in [0.05, 0.1) is 14.2 Å². The maximum absolute atomic E-state index is 12.1. The Morgan fingerprint density at radius 1 is 0.962 bits per heavy atom. The highest BCUT2D eigenvalue weighted by Crippen LogP contribution is 2.27. The standard InChI is InChI=1S/C18H19BrN2O5/c1-11-8-13(19)5-7-14(11)26-10-17(22)20-21-18(23)12-4-6-15(24-2)16(9-12)25-3/h4-9H,10H2,1-3H3,(H,20,22)(H,21,23). The van der Waals surface area contributed by atoms with Gasteiger partial charge in [-0.1, -0.05) is 15.9 Å². The normalized spacial score (nSPS) is 10.0. The summed E-state index contributed by atoms with van der Waals surface area (Å²) in [5.74, 6) is 0.543. The Hall–Kier alpha value is -2.74. The zero-order valence-corrected chi connectivity index (χ0v) is 16.2. The molecule has 138 valence electrons. The van der Waals surface area contributed by atoms with Gasteiger partial charge in [-0.25, -0.2) is 0 Å². The lowest BCUT2D eigenvalue weighted by Crippen LogP contribution is -2.43. The number of amides is 2. The molecule has 7 nitrogen and oxygen atoms in total. The number of benzene rings is 2. The lowest BCUT2D eigenvalue weighted by Gasteiger charge is -2.12. The molecule has 2 amide bonds. The molecule has 0 fully saturated rings. The molecule has 0 aliphatic heterocycles. The summed E-state index contributed by atoms with van der Waals surface area (Å²) in [4.78, 5) is 24.0. The second-order valence-corrected chi connectivity index (χ2v) is 6.19. The average molecular weight is 423 g/mol. The van der Waals surface area contributed by atoms with Gasteiger partial charge in [0.15, 0.2) is 18.1 Å². The van der Waals surface area contributed by atoms with Crippen molar-refractivity contribution in [3.8, 4) is 17.2 Å². The number of carbonyl (C=O) groups excluding carboxylic acids is 2. The molecule has 26 heavy (non-hydrogen) atoms. The van der Waals surface area contributed by atoms with Crippen LogP contribution in [0.3, 0.4) is 0 Å². The molecule has 2 aromatic carbocycles. The number of ether oxygens (including phenoxy) is 3. The second-order valence-electron chi connectivity index (χ2n) is 5.27. The third kappa shape index (κ3) is 5.13. The highest BCUT2D eigenvalue weighted by atomic mass is 79.9. The lowest BCUT2D eigenvalue weighted by molar-refractivity contribution is -0.123. The number of carbonyl (C=O) groups is 2. The maximum atomic E-state index is 12.1. The Balaban J connectivity index is 1.87. The third-order valence-corrected chi connectivity index (χ3v) is 3.95. The number of hydrogen-bond donors (Lipinski definition) is 2. The maximum Gasteiger partial charge on any atom is 0.276 e. The molecule has 0 aliphatic rings. The largest absolute Gasteiger partial charge is 0.493 e. The molecular weight excluding hydrogens is 404 g/mol. The minimum atomic E-state index is -0.487. The van der Waals surface area contributed by atoms with Crippen molar-refractivity contribution in [1.82, 2.24) is 10.9 Å². The molecule has 0 aliphatic carbocycles. The van der Waals surface area contributed by atoms with Crippen LogP contribution >= 0.6 is 15.9 Å². The molecule has 0 saturated carbocycles. The monoisotopic (exact) mass is 422 g/mol. The van der Waals surface area contributed by atoms with E-state index in [1.807, 2.05) is 19.1 Å². The van der Waals surface area contributed by atoms with Gasteiger partial charge in [-0.2, -0.15) is 0 Å².